The summed E-state index contributed by atoms with van der Waals surface area (Å²) in [5.74, 6) is 1.06. The number of para-hydroxylation sites is 2. The van der Waals surface area contributed by atoms with Gasteiger partial charge in [-0.15, -0.1) is 0 Å². The first-order valence-electron chi connectivity index (χ1n) is 7.62. The fourth-order valence-electron chi connectivity index (χ4n) is 2.00. The SMILES string of the molecule is OC1COCCCCOCC(O)COc2ccccc2OC1. The summed E-state index contributed by atoms with van der Waals surface area (Å²) in [6.07, 6.45) is 0.317. The molecular weight excluding hydrogens is 288 g/mol. The lowest BCUT2D eigenvalue weighted by Crippen LogP contribution is -2.26. The highest BCUT2D eigenvalue weighted by Crippen LogP contribution is 2.26. The average molecular weight is 312 g/mol. The Morgan fingerprint density at radius 3 is 1.64 bits per heavy atom. The maximum absolute atomic E-state index is 9.83. The lowest BCUT2D eigenvalue weighted by atomic mass is 10.3. The Hall–Kier alpha value is -1.34. The van der Waals surface area contributed by atoms with Crippen LogP contribution in [0.15, 0.2) is 24.3 Å². The van der Waals surface area contributed by atoms with E-state index in [1.807, 2.05) is 12.1 Å². The van der Waals surface area contributed by atoms with E-state index < -0.39 is 12.2 Å². The van der Waals surface area contributed by atoms with Crippen LogP contribution in [0.5, 0.6) is 11.5 Å². The first kappa shape index (κ1) is 17.0. The molecule has 0 aromatic heterocycles. The molecule has 0 saturated heterocycles. The van der Waals surface area contributed by atoms with Gasteiger partial charge in [0.05, 0.1) is 13.2 Å². The monoisotopic (exact) mass is 312 g/mol. The molecule has 0 radical (unpaired) electrons. The van der Waals surface area contributed by atoms with E-state index in [2.05, 4.69) is 0 Å². The number of hydrogen-bond acceptors (Lipinski definition) is 6. The Labute approximate surface area is 130 Å². The third-order valence-electron chi connectivity index (χ3n) is 3.16. The Bertz CT molecular complexity index is 386. The summed E-state index contributed by atoms with van der Waals surface area (Å²) >= 11 is 0. The molecule has 1 aromatic carbocycles. The molecule has 6 heteroatoms. The lowest BCUT2D eigenvalue weighted by molar-refractivity contribution is -0.00437. The number of fused-ring (bicyclic) bond motifs is 1. The average Bonchev–Trinajstić information content (AvgIpc) is 2.53. The summed E-state index contributed by atoms with van der Waals surface area (Å²) in [5, 5.41) is 19.7. The third-order valence-corrected chi connectivity index (χ3v) is 3.16. The molecule has 0 aliphatic carbocycles. The van der Waals surface area contributed by atoms with Gasteiger partial charge in [-0.25, -0.2) is 0 Å². The van der Waals surface area contributed by atoms with Crippen LogP contribution >= 0.6 is 0 Å². The zero-order chi connectivity index (χ0) is 15.6. The number of rotatable bonds is 0. The lowest BCUT2D eigenvalue weighted by Gasteiger charge is -2.18. The zero-order valence-electron chi connectivity index (χ0n) is 12.6. The van der Waals surface area contributed by atoms with Crippen LogP contribution in [-0.4, -0.2) is 62.1 Å². The maximum atomic E-state index is 9.83. The van der Waals surface area contributed by atoms with E-state index in [4.69, 9.17) is 18.9 Å². The highest BCUT2D eigenvalue weighted by Gasteiger charge is 2.12. The largest absolute Gasteiger partial charge is 0.487 e. The molecule has 1 aliphatic rings. The molecule has 2 rings (SSSR count). The first-order chi connectivity index (χ1) is 10.8. The van der Waals surface area contributed by atoms with Gasteiger partial charge in [-0.3, -0.25) is 0 Å². The van der Waals surface area contributed by atoms with E-state index in [0.717, 1.165) is 12.8 Å². The summed E-state index contributed by atoms with van der Waals surface area (Å²) in [6, 6.07) is 7.16. The van der Waals surface area contributed by atoms with E-state index in [-0.39, 0.29) is 26.4 Å². The van der Waals surface area contributed by atoms with Gasteiger partial charge in [-0.05, 0) is 25.0 Å². The minimum absolute atomic E-state index is 0.131. The first-order valence-corrected chi connectivity index (χ1v) is 7.62. The molecule has 124 valence electrons. The third kappa shape index (κ3) is 6.19. The van der Waals surface area contributed by atoms with E-state index in [1.165, 1.54) is 0 Å². The topological polar surface area (TPSA) is 77.4 Å². The summed E-state index contributed by atoms with van der Waals surface area (Å²) in [7, 11) is 0. The van der Waals surface area contributed by atoms with Gasteiger partial charge in [0.25, 0.3) is 0 Å². The Kier molecular flexibility index (Phi) is 7.45. The number of hydrogen-bond donors (Lipinski definition) is 2. The molecule has 1 aliphatic heterocycles. The van der Waals surface area contributed by atoms with Crippen molar-refractivity contribution in [2.24, 2.45) is 0 Å². The summed E-state index contributed by atoms with van der Waals surface area (Å²) < 4.78 is 21.9. The van der Waals surface area contributed by atoms with Gasteiger partial charge in [0, 0.05) is 13.2 Å². The number of benzene rings is 1. The minimum Gasteiger partial charge on any atom is -0.487 e. The molecule has 2 unspecified atom stereocenters. The van der Waals surface area contributed by atoms with Crippen LogP contribution in [0, 0.1) is 0 Å². The van der Waals surface area contributed by atoms with Crippen molar-refractivity contribution in [2.75, 3.05) is 39.6 Å². The Morgan fingerprint density at radius 2 is 1.18 bits per heavy atom. The molecule has 6 nitrogen and oxygen atoms in total. The molecule has 2 N–H and O–H groups in total. The van der Waals surface area contributed by atoms with Gasteiger partial charge in [0.2, 0.25) is 0 Å². The molecule has 0 fully saturated rings. The normalized spacial score (nSPS) is 25.5. The van der Waals surface area contributed by atoms with Gasteiger partial charge in [0.15, 0.2) is 11.5 Å². The minimum atomic E-state index is -0.692. The fraction of sp³-hybridized carbons (Fsp3) is 0.625. The van der Waals surface area contributed by atoms with Crippen molar-refractivity contribution in [3.8, 4) is 11.5 Å². The van der Waals surface area contributed by atoms with Crippen LogP contribution in [0.4, 0.5) is 0 Å². The smallest absolute Gasteiger partial charge is 0.161 e. The highest BCUT2D eigenvalue weighted by atomic mass is 16.5. The molecule has 0 amide bonds. The maximum Gasteiger partial charge on any atom is 0.161 e. The Morgan fingerprint density at radius 1 is 0.727 bits per heavy atom. The zero-order valence-corrected chi connectivity index (χ0v) is 12.6. The summed E-state index contributed by atoms with van der Waals surface area (Å²) in [5.41, 5.74) is 0. The molecule has 2 atom stereocenters. The van der Waals surface area contributed by atoms with Crippen molar-refractivity contribution in [1.82, 2.24) is 0 Å². The molecule has 22 heavy (non-hydrogen) atoms. The predicted molar refractivity (Wildman–Crippen MR) is 80.3 cm³/mol. The van der Waals surface area contributed by atoms with Crippen LogP contribution in [0.3, 0.4) is 0 Å². The summed E-state index contributed by atoms with van der Waals surface area (Å²) in [6.45, 7) is 1.88. The van der Waals surface area contributed by atoms with Crippen LogP contribution in [-0.2, 0) is 9.47 Å². The Balaban J connectivity index is 1.95. The molecule has 1 heterocycles. The van der Waals surface area contributed by atoms with Crippen molar-refractivity contribution >= 4 is 0 Å². The van der Waals surface area contributed by atoms with Gasteiger partial charge in [-0.1, -0.05) is 12.1 Å². The number of aliphatic hydroxyl groups is 2. The van der Waals surface area contributed by atoms with Crippen molar-refractivity contribution in [2.45, 2.75) is 25.0 Å². The van der Waals surface area contributed by atoms with Gasteiger partial charge < -0.3 is 29.2 Å². The molecule has 0 spiro atoms. The second kappa shape index (κ2) is 9.63. The highest BCUT2D eigenvalue weighted by molar-refractivity contribution is 5.39. The summed E-state index contributed by atoms with van der Waals surface area (Å²) in [4.78, 5) is 0. The van der Waals surface area contributed by atoms with Gasteiger partial charge in [-0.2, -0.15) is 0 Å². The van der Waals surface area contributed by atoms with Crippen LogP contribution in [0.2, 0.25) is 0 Å². The van der Waals surface area contributed by atoms with Gasteiger partial charge in [0.1, 0.15) is 25.4 Å². The van der Waals surface area contributed by atoms with Crippen LogP contribution in [0.25, 0.3) is 0 Å². The van der Waals surface area contributed by atoms with Crippen molar-refractivity contribution in [3.63, 3.8) is 0 Å². The van der Waals surface area contributed by atoms with Crippen molar-refractivity contribution in [3.05, 3.63) is 24.3 Å². The molecular formula is C16H24O6. The van der Waals surface area contributed by atoms with E-state index in [9.17, 15) is 10.2 Å². The van der Waals surface area contributed by atoms with Crippen LogP contribution in [0.1, 0.15) is 12.8 Å². The van der Waals surface area contributed by atoms with E-state index in [0.29, 0.717) is 24.7 Å². The molecule has 0 bridgehead atoms. The quantitative estimate of drug-likeness (QED) is 0.744. The number of ether oxygens (including phenoxy) is 4. The van der Waals surface area contributed by atoms with E-state index >= 15 is 0 Å². The van der Waals surface area contributed by atoms with Crippen LogP contribution < -0.4 is 9.47 Å². The number of aliphatic hydroxyl groups excluding tert-OH is 2. The second-order valence-electron chi connectivity index (χ2n) is 5.23. The van der Waals surface area contributed by atoms with Crippen molar-refractivity contribution < 1.29 is 29.2 Å². The fourth-order valence-corrected chi connectivity index (χ4v) is 2.00. The second-order valence-corrected chi connectivity index (χ2v) is 5.23. The molecule has 0 saturated carbocycles. The van der Waals surface area contributed by atoms with Crippen molar-refractivity contribution in [1.29, 1.82) is 0 Å². The molecule has 1 aromatic rings. The van der Waals surface area contributed by atoms with Gasteiger partial charge >= 0.3 is 0 Å². The van der Waals surface area contributed by atoms with E-state index in [1.54, 1.807) is 12.1 Å². The standard InChI is InChI=1S/C16H24O6/c17-13-9-19-7-3-4-8-20-10-14(18)12-22-16-6-2-1-5-15(16)21-11-13/h1-2,5-6,13-14,17-18H,3-4,7-12H2. The predicted octanol–water partition coefficient (Wildman–Crippen LogP) is 0.993.